The van der Waals surface area contributed by atoms with Crippen LogP contribution in [0.5, 0.6) is 11.5 Å². The lowest BCUT2D eigenvalue weighted by Crippen LogP contribution is -1.98. The van der Waals surface area contributed by atoms with Gasteiger partial charge in [-0.25, -0.2) is 4.98 Å². The molecule has 0 bridgehead atoms. The molecule has 7 aromatic carbocycles. The van der Waals surface area contributed by atoms with Crippen molar-refractivity contribution in [1.29, 1.82) is 0 Å². The molecule has 0 atom stereocenters. The fourth-order valence-electron chi connectivity index (χ4n) is 7.29. The third-order valence-electron chi connectivity index (χ3n) is 9.75. The van der Waals surface area contributed by atoms with E-state index >= 15 is 0 Å². The Balaban J connectivity index is 1.15. The molecule has 3 aromatic heterocycles. The van der Waals surface area contributed by atoms with Gasteiger partial charge in [0, 0.05) is 34.0 Å². The minimum absolute atomic E-state index is 0.711. The van der Waals surface area contributed by atoms with E-state index in [0.717, 1.165) is 72.4 Å². The van der Waals surface area contributed by atoms with Crippen molar-refractivity contribution < 1.29 is 4.74 Å². The number of benzene rings is 7. The van der Waals surface area contributed by atoms with Gasteiger partial charge in [0.2, 0.25) is 0 Å². The Bertz CT molecular complexity index is 2930. The molecule has 10 aromatic rings. The number of aromatic nitrogens is 4. The van der Waals surface area contributed by atoms with Crippen LogP contribution in [-0.2, 0) is 0 Å². The highest BCUT2D eigenvalue weighted by molar-refractivity contribution is 6.21. The molecule has 0 aliphatic heterocycles. The van der Waals surface area contributed by atoms with Crippen LogP contribution in [0.25, 0.3) is 82.8 Å². The molecule has 3 heterocycles. The fourth-order valence-corrected chi connectivity index (χ4v) is 7.29. The molecule has 0 aliphatic rings. The molecular formula is C47H30N4O. The number of fused-ring (bicyclic) bond motifs is 6. The van der Waals surface area contributed by atoms with E-state index < -0.39 is 0 Å². The standard InChI is InChI=1S/C47H30N4O/c1-3-11-31(12-4-1)34-23-24-48-46(29-34)51-44-22-19-33-15-7-9-17-40(33)47(44)41-21-20-38(30-45(41)51)52-39-26-36(32-13-5-2-6-14-32)25-37(27-39)43-28-35-16-8-10-18-42(35)49-50-43/h1-30H. The first-order chi connectivity index (χ1) is 25.7. The molecular weight excluding hydrogens is 637 g/mol. The summed E-state index contributed by atoms with van der Waals surface area (Å²) in [6.07, 6.45) is 1.89. The summed E-state index contributed by atoms with van der Waals surface area (Å²) in [4.78, 5) is 4.92. The quantitative estimate of drug-likeness (QED) is 0.177. The summed E-state index contributed by atoms with van der Waals surface area (Å²) in [5.41, 5.74) is 9.06. The van der Waals surface area contributed by atoms with E-state index in [4.69, 9.17) is 9.72 Å². The molecule has 0 fully saturated rings. The molecule has 0 spiro atoms. The van der Waals surface area contributed by atoms with Crippen LogP contribution in [0, 0.1) is 0 Å². The zero-order valence-electron chi connectivity index (χ0n) is 28.0. The molecule has 244 valence electrons. The largest absolute Gasteiger partial charge is 0.457 e. The number of rotatable bonds is 6. The SMILES string of the molecule is c1ccc(-c2cc(Oc3ccc4c5c6ccccc6ccc5n(-c5cc(-c6ccccc6)ccn5)c4c3)cc(-c3cc4ccccc4nn3)c2)cc1. The summed E-state index contributed by atoms with van der Waals surface area (Å²) in [6, 6.07) is 60.8. The van der Waals surface area contributed by atoms with Crippen LogP contribution in [-0.4, -0.2) is 19.7 Å². The first kappa shape index (κ1) is 29.8. The van der Waals surface area contributed by atoms with Crippen LogP contribution in [0.3, 0.4) is 0 Å². The molecule has 0 amide bonds. The molecule has 52 heavy (non-hydrogen) atoms. The molecule has 0 saturated carbocycles. The predicted octanol–water partition coefficient (Wildman–Crippen LogP) is 12.1. The Morgan fingerprint density at radius 2 is 1.15 bits per heavy atom. The smallest absolute Gasteiger partial charge is 0.138 e. The molecule has 5 nitrogen and oxygen atoms in total. The van der Waals surface area contributed by atoms with Gasteiger partial charge in [-0.15, -0.1) is 10.2 Å². The average Bonchev–Trinajstić information content (AvgIpc) is 3.55. The van der Waals surface area contributed by atoms with E-state index in [0.29, 0.717) is 5.75 Å². The second-order valence-corrected chi connectivity index (χ2v) is 13.0. The number of ether oxygens (including phenoxy) is 1. The molecule has 0 saturated heterocycles. The highest BCUT2D eigenvalue weighted by Gasteiger charge is 2.18. The summed E-state index contributed by atoms with van der Waals surface area (Å²) >= 11 is 0. The Kier molecular flexibility index (Phi) is 7.07. The van der Waals surface area contributed by atoms with E-state index in [1.54, 1.807) is 0 Å². The summed E-state index contributed by atoms with van der Waals surface area (Å²) in [6.45, 7) is 0. The van der Waals surface area contributed by atoms with E-state index in [1.807, 2.05) is 42.6 Å². The number of nitrogens with zero attached hydrogens (tertiary/aromatic N) is 4. The van der Waals surface area contributed by atoms with Gasteiger partial charge in [0.1, 0.15) is 17.3 Å². The first-order valence-electron chi connectivity index (χ1n) is 17.3. The molecule has 0 radical (unpaired) electrons. The third-order valence-corrected chi connectivity index (χ3v) is 9.75. The first-order valence-corrected chi connectivity index (χ1v) is 17.3. The normalized spacial score (nSPS) is 11.5. The molecule has 0 unspecified atom stereocenters. The predicted molar refractivity (Wildman–Crippen MR) is 212 cm³/mol. The van der Waals surface area contributed by atoms with Crippen LogP contribution >= 0.6 is 0 Å². The second-order valence-electron chi connectivity index (χ2n) is 13.0. The van der Waals surface area contributed by atoms with Crippen molar-refractivity contribution >= 4 is 43.5 Å². The number of hydrogen-bond acceptors (Lipinski definition) is 4. The van der Waals surface area contributed by atoms with E-state index in [1.165, 1.54) is 16.2 Å². The molecule has 0 N–H and O–H groups in total. The summed E-state index contributed by atoms with van der Waals surface area (Å²) in [5, 5.41) is 14.9. The Hall–Kier alpha value is -7.11. The number of pyridine rings is 1. The van der Waals surface area contributed by atoms with Crippen LogP contribution in [0.2, 0.25) is 0 Å². The Morgan fingerprint density at radius 1 is 0.423 bits per heavy atom. The lowest BCUT2D eigenvalue weighted by atomic mass is 10.0. The van der Waals surface area contributed by atoms with Crippen molar-refractivity contribution in [2.24, 2.45) is 0 Å². The average molecular weight is 667 g/mol. The highest BCUT2D eigenvalue weighted by Crippen LogP contribution is 2.40. The summed E-state index contributed by atoms with van der Waals surface area (Å²) in [7, 11) is 0. The Labute approximate surface area is 300 Å². The molecule has 0 aliphatic carbocycles. The minimum Gasteiger partial charge on any atom is -0.457 e. The Morgan fingerprint density at radius 3 is 2.00 bits per heavy atom. The third kappa shape index (κ3) is 5.24. The van der Waals surface area contributed by atoms with Crippen LogP contribution in [0.4, 0.5) is 0 Å². The zero-order valence-corrected chi connectivity index (χ0v) is 28.0. The lowest BCUT2D eigenvalue weighted by Gasteiger charge is -2.13. The lowest BCUT2D eigenvalue weighted by molar-refractivity contribution is 0.483. The minimum atomic E-state index is 0.711. The monoisotopic (exact) mass is 666 g/mol. The van der Waals surface area contributed by atoms with Crippen molar-refractivity contribution in [3.8, 4) is 50.8 Å². The van der Waals surface area contributed by atoms with E-state index in [-0.39, 0.29) is 0 Å². The van der Waals surface area contributed by atoms with Gasteiger partial charge in [0.15, 0.2) is 0 Å². The summed E-state index contributed by atoms with van der Waals surface area (Å²) < 4.78 is 9.04. The van der Waals surface area contributed by atoms with Gasteiger partial charge in [-0.05, 0) is 93.7 Å². The van der Waals surface area contributed by atoms with Gasteiger partial charge in [0.05, 0.1) is 22.2 Å². The van der Waals surface area contributed by atoms with Crippen LogP contribution in [0.15, 0.2) is 182 Å². The maximum absolute atomic E-state index is 6.78. The van der Waals surface area contributed by atoms with Crippen molar-refractivity contribution in [2.45, 2.75) is 0 Å². The topological polar surface area (TPSA) is 52.8 Å². The molecule has 5 heteroatoms. The van der Waals surface area contributed by atoms with Gasteiger partial charge in [0.25, 0.3) is 0 Å². The zero-order chi connectivity index (χ0) is 34.4. The van der Waals surface area contributed by atoms with Gasteiger partial charge in [-0.1, -0.05) is 109 Å². The van der Waals surface area contributed by atoms with Gasteiger partial charge >= 0.3 is 0 Å². The van der Waals surface area contributed by atoms with Gasteiger partial charge in [-0.2, -0.15) is 0 Å². The highest BCUT2D eigenvalue weighted by atomic mass is 16.5. The van der Waals surface area contributed by atoms with Crippen molar-refractivity contribution in [2.75, 3.05) is 0 Å². The van der Waals surface area contributed by atoms with Crippen molar-refractivity contribution in [1.82, 2.24) is 19.7 Å². The van der Waals surface area contributed by atoms with E-state index in [2.05, 4.69) is 154 Å². The van der Waals surface area contributed by atoms with Gasteiger partial charge in [-0.3, -0.25) is 4.57 Å². The summed E-state index contributed by atoms with van der Waals surface area (Å²) in [5.74, 6) is 2.28. The van der Waals surface area contributed by atoms with E-state index in [9.17, 15) is 0 Å². The second kappa shape index (κ2) is 12.3. The van der Waals surface area contributed by atoms with Gasteiger partial charge < -0.3 is 4.74 Å². The van der Waals surface area contributed by atoms with Crippen LogP contribution in [0.1, 0.15) is 0 Å². The maximum Gasteiger partial charge on any atom is 0.138 e. The van der Waals surface area contributed by atoms with Crippen molar-refractivity contribution in [3.05, 3.63) is 182 Å². The maximum atomic E-state index is 6.78. The molecule has 10 rings (SSSR count). The number of hydrogen-bond donors (Lipinski definition) is 0. The fraction of sp³-hybridized carbons (Fsp3) is 0. The van der Waals surface area contributed by atoms with Crippen molar-refractivity contribution in [3.63, 3.8) is 0 Å². The van der Waals surface area contributed by atoms with Crippen LogP contribution < -0.4 is 4.74 Å².